The average Bonchev–Trinajstić information content (AvgIpc) is 2.73. The van der Waals surface area contributed by atoms with Crippen molar-refractivity contribution in [3.8, 4) is 0 Å². The molecule has 4 atom stereocenters. The van der Waals surface area contributed by atoms with Crippen molar-refractivity contribution < 1.29 is 14.7 Å². The van der Waals surface area contributed by atoms with Crippen LogP contribution >= 0.6 is 27.5 Å². The van der Waals surface area contributed by atoms with E-state index in [2.05, 4.69) is 40.4 Å². The fourth-order valence-corrected chi connectivity index (χ4v) is 5.01. The molecule has 1 heterocycles. The molecule has 0 aromatic heterocycles. The van der Waals surface area contributed by atoms with Crippen LogP contribution in [0.1, 0.15) is 38.7 Å². The molecule has 3 N–H and O–H groups in total. The van der Waals surface area contributed by atoms with Gasteiger partial charge in [0.05, 0.1) is 5.69 Å². The molecule has 164 valence electrons. The Balaban J connectivity index is 1.80. The quantitative estimate of drug-likeness (QED) is 0.532. The summed E-state index contributed by atoms with van der Waals surface area (Å²) in [5, 5.41) is 18.3. The van der Waals surface area contributed by atoms with Crippen LogP contribution in [-0.4, -0.2) is 23.1 Å². The van der Waals surface area contributed by atoms with Crippen LogP contribution in [0.2, 0.25) is 5.02 Å². The van der Waals surface area contributed by atoms with Crippen LogP contribution in [0.15, 0.2) is 46.9 Å². The number of fused-ring (bicyclic) bond motifs is 1. The van der Waals surface area contributed by atoms with E-state index < -0.39 is 17.7 Å². The lowest BCUT2D eigenvalue weighted by molar-refractivity contribution is -0.141. The molecule has 0 bridgehead atoms. The number of aliphatic hydroxyl groups is 1. The summed E-state index contributed by atoms with van der Waals surface area (Å²) in [6.07, 6.45) is 2.97. The normalized spacial score (nSPS) is 28.0. The zero-order chi connectivity index (χ0) is 22.3. The first-order valence-electron chi connectivity index (χ1n) is 10.4. The molecule has 2 aromatic rings. The van der Waals surface area contributed by atoms with Crippen molar-refractivity contribution in [3.05, 3.63) is 57.5 Å². The number of benzene rings is 2. The number of amides is 3. The Morgan fingerprint density at radius 1 is 1.23 bits per heavy atom. The Morgan fingerprint density at radius 2 is 1.94 bits per heavy atom. The maximum atomic E-state index is 13.7. The second-order valence-electron chi connectivity index (χ2n) is 8.45. The van der Waals surface area contributed by atoms with Gasteiger partial charge in [0.1, 0.15) is 0 Å². The zero-order valence-electron chi connectivity index (χ0n) is 17.4. The van der Waals surface area contributed by atoms with Crippen LogP contribution in [0.3, 0.4) is 0 Å². The molecule has 4 rings (SSSR count). The minimum Gasteiger partial charge on any atom is -0.359 e. The molecule has 1 fully saturated rings. The maximum absolute atomic E-state index is 13.7. The molecule has 1 aliphatic carbocycles. The molecule has 0 unspecified atom stereocenters. The van der Waals surface area contributed by atoms with Crippen molar-refractivity contribution in [2.24, 2.45) is 11.8 Å². The molecule has 0 radical (unpaired) electrons. The van der Waals surface area contributed by atoms with E-state index in [0.717, 1.165) is 24.2 Å². The standard InChI is InChI=1S/C23H25BrClN3O3/c1-13-4-3-5-19(14(13)2)26-21(29)23(31)18-12-15(24)6-11-20(18)27-22(30)28(23)17-9-7-16(25)8-10-17/h6-14,19,31H,3-5H2,1-2H3,(H,26,29)(H,27,30)/t13-,14+,19+,23-/m0/s1. The number of hydrogen-bond donors (Lipinski definition) is 3. The minimum atomic E-state index is -2.23. The zero-order valence-corrected chi connectivity index (χ0v) is 19.7. The van der Waals surface area contributed by atoms with Gasteiger partial charge in [-0.25, -0.2) is 4.79 Å². The smallest absolute Gasteiger partial charge is 0.329 e. The van der Waals surface area contributed by atoms with E-state index in [1.54, 1.807) is 42.5 Å². The highest BCUT2D eigenvalue weighted by atomic mass is 79.9. The van der Waals surface area contributed by atoms with Gasteiger partial charge in [-0.3, -0.25) is 9.69 Å². The number of hydrogen-bond acceptors (Lipinski definition) is 3. The molecule has 31 heavy (non-hydrogen) atoms. The lowest BCUT2D eigenvalue weighted by Crippen LogP contribution is -2.64. The van der Waals surface area contributed by atoms with Gasteiger partial charge in [0.25, 0.3) is 11.6 Å². The lowest BCUT2D eigenvalue weighted by atomic mass is 9.78. The van der Waals surface area contributed by atoms with E-state index >= 15 is 0 Å². The van der Waals surface area contributed by atoms with E-state index in [1.165, 1.54) is 0 Å². The summed E-state index contributed by atoms with van der Waals surface area (Å²) in [5.74, 6) is 0.115. The number of nitrogens with one attached hydrogen (secondary N) is 2. The van der Waals surface area contributed by atoms with Gasteiger partial charge < -0.3 is 15.7 Å². The monoisotopic (exact) mass is 505 g/mol. The summed E-state index contributed by atoms with van der Waals surface area (Å²) in [7, 11) is 0. The molecule has 2 aromatic carbocycles. The van der Waals surface area contributed by atoms with Gasteiger partial charge in [0.2, 0.25) is 0 Å². The molecule has 0 saturated heterocycles. The third kappa shape index (κ3) is 3.95. The molecule has 8 heteroatoms. The van der Waals surface area contributed by atoms with E-state index in [1.807, 2.05) is 0 Å². The Bertz CT molecular complexity index is 1020. The van der Waals surface area contributed by atoms with E-state index in [-0.39, 0.29) is 12.0 Å². The number of carbonyl (C=O) groups is 2. The Hall–Kier alpha value is -2.09. The van der Waals surface area contributed by atoms with Gasteiger partial charge in [-0.2, -0.15) is 0 Å². The minimum absolute atomic E-state index is 0.0760. The Morgan fingerprint density at radius 3 is 2.65 bits per heavy atom. The summed E-state index contributed by atoms with van der Waals surface area (Å²) in [6.45, 7) is 4.30. The number of halogens is 2. The largest absolute Gasteiger partial charge is 0.359 e. The second-order valence-corrected chi connectivity index (χ2v) is 9.80. The van der Waals surface area contributed by atoms with E-state index in [4.69, 9.17) is 11.6 Å². The number of urea groups is 1. The first-order valence-corrected chi connectivity index (χ1v) is 11.6. The molecular formula is C23H25BrClN3O3. The van der Waals surface area contributed by atoms with Gasteiger partial charge in [0.15, 0.2) is 0 Å². The number of nitrogens with zero attached hydrogens (tertiary/aromatic N) is 1. The predicted octanol–water partition coefficient (Wildman–Crippen LogP) is 5.24. The topological polar surface area (TPSA) is 81.7 Å². The summed E-state index contributed by atoms with van der Waals surface area (Å²) in [6, 6.07) is 10.8. The predicted molar refractivity (Wildman–Crippen MR) is 125 cm³/mol. The van der Waals surface area contributed by atoms with Crippen LogP contribution < -0.4 is 15.5 Å². The molecule has 2 aliphatic rings. The van der Waals surface area contributed by atoms with Gasteiger partial charge in [0, 0.05) is 26.8 Å². The molecule has 3 amide bonds. The first kappa shape index (κ1) is 22.1. The van der Waals surface area contributed by atoms with Gasteiger partial charge >= 0.3 is 6.03 Å². The average molecular weight is 507 g/mol. The van der Waals surface area contributed by atoms with Crippen LogP contribution in [0.25, 0.3) is 0 Å². The van der Waals surface area contributed by atoms with E-state index in [0.29, 0.717) is 32.4 Å². The van der Waals surface area contributed by atoms with Gasteiger partial charge in [-0.15, -0.1) is 0 Å². The van der Waals surface area contributed by atoms with Gasteiger partial charge in [-0.1, -0.05) is 54.2 Å². The van der Waals surface area contributed by atoms with Crippen LogP contribution in [0.4, 0.5) is 16.2 Å². The highest BCUT2D eigenvalue weighted by Gasteiger charge is 2.52. The van der Waals surface area contributed by atoms with E-state index in [9.17, 15) is 14.7 Å². The van der Waals surface area contributed by atoms with Crippen molar-refractivity contribution in [2.75, 3.05) is 10.2 Å². The number of anilines is 2. The Kier molecular flexibility index (Phi) is 6.03. The molecule has 1 aliphatic heterocycles. The molecule has 0 spiro atoms. The summed E-state index contributed by atoms with van der Waals surface area (Å²) >= 11 is 9.43. The lowest BCUT2D eigenvalue weighted by Gasteiger charge is -2.44. The molecular weight excluding hydrogens is 482 g/mol. The molecule has 1 saturated carbocycles. The van der Waals surface area contributed by atoms with Crippen molar-refractivity contribution in [1.29, 1.82) is 0 Å². The maximum Gasteiger partial charge on any atom is 0.329 e. The van der Waals surface area contributed by atoms with Crippen molar-refractivity contribution in [2.45, 2.75) is 44.9 Å². The first-order chi connectivity index (χ1) is 14.7. The second kappa shape index (κ2) is 8.45. The fraction of sp³-hybridized carbons (Fsp3) is 0.391. The third-order valence-corrected chi connectivity index (χ3v) is 7.30. The Labute approximate surface area is 195 Å². The highest BCUT2D eigenvalue weighted by molar-refractivity contribution is 9.10. The van der Waals surface area contributed by atoms with Crippen molar-refractivity contribution in [1.82, 2.24) is 5.32 Å². The summed E-state index contributed by atoms with van der Waals surface area (Å²) in [4.78, 5) is 27.9. The van der Waals surface area contributed by atoms with Crippen molar-refractivity contribution in [3.63, 3.8) is 0 Å². The van der Waals surface area contributed by atoms with Crippen molar-refractivity contribution >= 4 is 50.8 Å². The van der Waals surface area contributed by atoms with Crippen LogP contribution in [-0.2, 0) is 10.5 Å². The number of rotatable bonds is 3. The fourth-order valence-electron chi connectivity index (χ4n) is 4.53. The SMILES string of the molecule is C[C@@H]1[C@@H](C)CCC[C@H]1NC(=O)[C@@]1(O)c2cc(Br)ccc2NC(=O)N1c1ccc(Cl)cc1. The number of carbonyl (C=O) groups excluding carboxylic acids is 2. The summed E-state index contributed by atoms with van der Waals surface area (Å²) in [5.41, 5.74) is -1.18. The summed E-state index contributed by atoms with van der Waals surface area (Å²) < 4.78 is 0.685. The molecule has 6 nitrogen and oxygen atoms in total. The van der Waals surface area contributed by atoms with Crippen LogP contribution in [0.5, 0.6) is 0 Å². The van der Waals surface area contributed by atoms with Crippen LogP contribution in [0, 0.1) is 11.8 Å². The van der Waals surface area contributed by atoms with Gasteiger partial charge in [-0.05, 0) is 60.7 Å². The highest BCUT2D eigenvalue weighted by Crippen LogP contribution is 2.42. The third-order valence-electron chi connectivity index (χ3n) is 6.55.